The molecule has 0 unspecified atom stereocenters. The van der Waals surface area contributed by atoms with E-state index in [4.69, 9.17) is 15.2 Å². The van der Waals surface area contributed by atoms with Crippen LogP contribution in [0.25, 0.3) is 0 Å². The number of hydrogen-bond donors (Lipinski definition) is 2. The highest BCUT2D eigenvalue weighted by atomic mass is 16.5. The molecule has 0 atom stereocenters. The van der Waals surface area contributed by atoms with Crippen molar-refractivity contribution in [3.8, 4) is 11.5 Å². The van der Waals surface area contributed by atoms with Crippen molar-refractivity contribution in [3.63, 3.8) is 0 Å². The van der Waals surface area contributed by atoms with Crippen molar-refractivity contribution in [2.45, 2.75) is 26.3 Å². The summed E-state index contributed by atoms with van der Waals surface area (Å²) in [4.78, 5) is 10.6. The highest BCUT2D eigenvalue weighted by Crippen LogP contribution is 2.27. The van der Waals surface area contributed by atoms with Gasteiger partial charge < -0.3 is 20.5 Å². The minimum Gasteiger partial charge on any atom is -0.493 e. The molecule has 1 aromatic carbocycles. The Morgan fingerprint density at radius 3 is 2.79 bits per heavy atom. The lowest BCUT2D eigenvalue weighted by Crippen LogP contribution is -2.18. The Balaban J connectivity index is 2.45. The summed E-state index contributed by atoms with van der Waals surface area (Å²) >= 11 is 0. The minimum atomic E-state index is -0.259. The van der Waals surface area contributed by atoms with E-state index in [0.717, 1.165) is 36.6 Å². The normalized spacial score (nSPS) is 10.2. The highest BCUT2D eigenvalue weighted by Gasteiger charge is 2.05. The van der Waals surface area contributed by atoms with E-state index in [-0.39, 0.29) is 5.91 Å². The van der Waals surface area contributed by atoms with Crippen LogP contribution >= 0.6 is 0 Å². The fourth-order valence-corrected chi connectivity index (χ4v) is 1.72. The summed E-state index contributed by atoms with van der Waals surface area (Å²) < 4.78 is 10.7. The number of rotatable bonds is 9. The van der Waals surface area contributed by atoms with Crippen LogP contribution in [0.1, 0.15) is 25.3 Å². The molecule has 0 saturated heterocycles. The second kappa shape index (κ2) is 8.37. The van der Waals surface area contributed by atoms with E-state index in [0.29, 0.717) is 13.0 Å². The zero-order valence-corrected chi connectivity index (χ0v) is 11.6. The molecule has 5 nitrogen and oxygen atoms in total. The van der Waals surface area contributed by atoms with Crippen molar-refractivity contribution in [1.82, 2.24) is 5.32 Å². The van der Waals surface area contributed by atoms with Gasteiger partial charge >= 0.3 is 0 Å². The SMILES string of the molecule is CCOc1cc(CNCCCC(N)=O)ccc1OC. The van der Waals surface area contributed by atoms with E-state index in [9.17, 15) is 4.79 Å². The summed E-state index contributed by atoms with van der Waals surface area (Å²) in [5, 5.41) is 3.26. The van der Waals surface area contributed by atoms with Gasteiger partial charge in [-0.2, -0.15) is 0 Å². The third-order valence-corrected chi connectivity index (χ3v) is 2.63. The number of ether oxygens (including phenoxy) is 2. The number of benzene rings is 1. The van der Waals surface area contributed by atoms with Gasteiger partial charge in [0.15, 0.2) is 11.5 Å². The van der Waals surface area contributed by atoms with Gasteiger partial charge in [-0.25, -0.2) is 0 Å². The van der Waals surface area contributed by atoms with Gasteiger partial charge in [-0.1, -0.05) is 6.07 Å². The smallest absolute Gasteiger partial charge is 0.217 e. The number of nitrogens with one attached hydrogen (secondary N) is 1. The summed E-state index contributed by atoms with van der Waals surface area (Å²) in [6.45, 7) is 4.03. The van der Waals surface area contributed by atoms with Gasteiger partial charge in [0, 0.05) is 13.0 Å². The Hall–Kier alpha value is -1.75. The Morgan fingerprint density at radius 1 is 1.37 bits per heavy atom. The first-order valence-corrected chi connectivity index (χ1v) is 6.46. The Kier molecular flexibility index (Phi) is 6.74. The van der Waals surface area contributed by atoms with E-state index >= 15 is 0 Å². The van der Waals surface area contributed by atoms with Crippen LogP contribution in [-0.4, -0.2) is 26.2 Å². The number of hydrogen-bond acceptors (Lipinski definition) is 4. The first-order valence-electron chi connectivity index (χ1n) is 6.46. The summed E-state index contributed by atoms with van der Waals surface area (Å²) in [5.41, 5.74) is 6.19. The molecule has 106 valence electrons. The fourth-order valence-electron chi connectivity index (χ4n) is 1.72. The lowest BCUT2D eigenvalue weighted by atomic mass is 10.2. The largest absolute Gasteiger partial charge is 0.493 e. The van der Waals surface area contributed by atoms with Gasteiger partial charge in [-0.05, 0) is 37.6 Å². The molecule has 0 aliphatic carbocycles. The van der Waals surface area contributed by atoms with Crippen LogP contribution in [0.2, 0.25) is 0 Å². The van der Waals surface area contributed by atoms with Crippen LogP contribution in [0.15, 0.2) is 18.2 Å². The molecule has 0 spiro atoms. The van der Waals surface area contributed by atoms with Crippen LogP contribution in [-0.2, 0) is 11.3 Å². The average Bonchev–Trinajstić information content (AvgIpc) is 2.39. The number of amides is 1. The molecule has 1 amide bonds. The van der Waals surface area contributed by atoms with Crippen LogP contribution in [0.5, 0.6) is 11.5 Å². The van der Waals surface area contributed by atoms with Gasteiger partial charge in [0.05, 0.1) is 13.7 Å². The van der Waals surface area contributed by atoms with Crippen LogP contribution in [0, 0.1) is 0 Å². The average molecular weight is 266 g/mol. The van der Waals surface area contributed by atoms with E-state index in [2.05, 4.69) is 5.32 Å². The monoisotopic (exact) mass is 266 g/mol. The van der Waals surface area contributed by atoms with Crippen LogP contribution in [0.3, 0.4) is 0 Å². The maximum Gasteiger partial charge on any atom is 0.217 e. The maximum atomic E-state index is 10.6. The lowest BCUT2D eigenvalue weighted by Gasteiger charge is -2.11. The van der Waals surface area contributed by atoms with Crippen molar-refractivity contribution in [3.05, 3.63) is 23.8 Å². The summed E-state index contributed by atoms with van der Waals surface area (Å²) in [6, 6.07) is 5.84. The molecule has 0 aromatic heterocycles. The van der Waals surface area contributed by atoms with Crippen molar-refractivity contribution >= 4 is 5.91 Å². The van der Waals surface area contributed by atoms with E-state index in [1.54, 1.807) is 7.11 Å². The first-order chi connectivity index (χ1) is 9.17. The number of primary amides is 1. The van der Waals surface area contributed by atoms with Gasteiger partial charge in [0.2, 0.25) is 5.91 Å². The van der Waals surface area contributed by atoms with Crippen molar-refractivity contribution in [1.29, 1.82) is 0 Å². The quantitative estimate of drug-likeness (QED) is 0.663. The van der Waals surface area contributed by atoms with E-state index < -0.39 is 0 Å². The Morgan fingerprint density at radius 2 is 2.16 bits per heavy atom. The maximum absolute atomic E-state index is 10.6. The summed E-state index contributed by atoms with van der Waals surface area (Å²) in [6.07, 6.45) is 1.17. The third kappa shape index (κ3) is 5.61. The molecule has 19 heavy (non-hydrogen) atoms. The topological polar surface area (TPSA) is 73.6 Å². The minimum absolute atomic E-state index is 0.259. The third-order valence-electron chi connectivity index (χ3n) is 2.63. The fraction of sp³-hybridized carbons (Fsp3) is 0.500. The second-order valence-electron chi connectivity index (χ2n) is 4.16. The van der Waals surface area contributed by atoms with Crippen molar-refractivity contribution in [2.24, 2.45) is 5.73 Å². The molecular weight excluding hydrogens is 244 g/mol. The standard InChI is InChI=1S/C14H22N2O3/c1-3-19-13-9-11(6-7-12(13)18-2)10-16-8-4-5-14(15)17/h6-7,9,16H,3-5,8,10H2,1-2H3,(H2,15,17). The predicted octanol–water partition coefficient (Wildman–Crippen LogP) is 1.45. The molecule has 3 N–H and O–H groups in total. The van der Waals surface area contributed by atoms with Gasteiger partial charge in [0.25, 0.3) is 0 Å². The molecule has 0 aliphatic rings. The second-order valence-corrected chi connectivity index (χ2v) is 4.16. The molecule has 5 heteroatoms. The molecule has 0 radical (unpaired) electrons. The molecule has 1 aromatic rings. The highest BCUT2D eigenvalue weighted by molar-refractivity contribution is 5.73. The molecule has 0 fully saturated rings. The predicted molar refractivity (Wildman–Crippen MR) is 74.3 cm³/mol. The number of nitrogens with two attached hydrogens (primary N) is 1. The number of methoxy groups -OCH3 is 1. The van der Waals surface area contributed by atoms with Gasteiger partial charge in [0.1, 0.15) is 0 Å². The molecular formula is C14H22N2O3. The van der Waals surface area contributed by atoms with E-state index in [1.165, 1.54) is 0 Å². The van der Waals surface area contributed by atoms with Gasteiger partial charge in [-0.3, -0.25) is 4.79 Å². The molecule has 0 heterocycles. The molecule has 1 rings (SSSR count). The zero-order chi connectivity index (χ0) is 14.1. The lowest BCUT2D eigenvalue weighted by molar-refractivity contribution is -0.118. The zero-order valence-electron chi connectivity index (χ0n) is 11.6. The Labute approximate surface area is 114 Å². The Bertz CT molecular complexity index is 408. The van der Waals surface area contributed by atoms with Crippen LogP contribution in [0.4, 0.5) is 0 Å². The number of carbonyl (C=O) groups is 1. The molecule has 0 bridgehead atoms. The van der Waals surface area contributed by atoms with Crippen molar-refractivity contribution in [2.75, 3.05) is 20.3 Å². The first kappa shape index (κ1) is 15.3. The summed E-state index contributed by atoms with van der Waals surface area (Å²) in [7, 11) is 1.62. The number of carbonyl (C=O) groups excluding carboxylic acids is 1. The van der Waals surface area contributed by atoms with Crippen LogP contribution < -0.4 is 20.5 Å². The van der Waals surface area contributed by atoms with E-state index in [1.807, 2.05) is 25.1 Å². The molecule has 0 aliphatic heterocycles. The summed E-state index contributed by atoms with van der Waals surface area (Å²) in [5.74, 6) is 1.23. The molecule has 0 saturated carbocycles. The van der Waals surface area contributed by atoms with Gasteiger partial charge in [-0.15, -0.1) is 0 Å². The van der Waals surface area contributed by atoms with Crippen molar-refractivity contribution < 1.29 is 14.3 Å².